The molecule has 0 unspecified atom stereocenters. The van der Waals surface area contributed by atoms with Gasteiger partial charge in [0.05, 0.1) is 20.3 Å². The van der Waals surface area contributed by atoms with Crippen molar-refractivity contribution >= 4 is 17.6 Å². The van der Waals surface area contributed by atoms with Crippen LogP contribution in [0.4, 0.5) is 10.5 Å². The van der Waals surface area contributed by atoms with Crippen molar-refractivity contribution in [2.45, 2.75) is 45.3 Å². The van der Waals surface area contributed by atoms with Gasteiger partial charge in [-0.05, 0) is 54.2 Å². The van der Waals surface area contributed by atoms with Gasteiger partial charge in [0.1, 0.15) is 5.75 Å². The summed E-state index contributed by atoms with van der Waals surface area (Å²) in [6, 6.07) is 15.4. The first-order chi connectivity index (χ1) is 16.6. The average molecular weight is 466 g/mol. The minimum Gasteiger partial charge on any atom is -0.497 e. The Balaban J connectivity index is 1.20. The number of benzene rings is 2. The molecule has 2 fully saturated rings. The maximum Gasteiger partial charge on any atom is 0.321 e. The number of hydrogen-bond acceptors (Lipinski definition) is 4. The van der Waals surface area contributed by atoms with Crippen LogP contribution in [0.5, 0.6) is 5.75 Å². The van der Waals surface area contributed by atoms with Crippen LogP contribution in [0.3, 0.4) is 0 Å². The van der Waals surface area contributed by atoms with Crippen LogP contribution in [-0.4, -0.2) is 55.0 Å². The minimum atomic E-state index is -0.126. The van der Waals surface area contributed by atoms with Crippen LogP contribution in [0.25, 0.3) is 0 Å². The fraction of sp³-hybridized carbons (Fsp3) is 0.481. The number of amides is 3. The van der Waals surface area contributed by atoms with Crippen molar-refractivity contribution < 1.29 is 19.1 Å². The number of urea groups is 1. The molecule has 4 rings (SSSR count). The number of nitrogens with zero attached hydrogens (tertiary/aromatic N) is 2. The van der Waals surface area contributed by atoms with E-state index < -0.39 is 0 Å². The predicted molar refractivity (Wildman–Crippen MR) is 132 cm³/mol. The monoisotopic (exact) mass is 465 g/mol. The highest BCUT2D eigenvalue weighted by molar-refractivity contribution is 5.89. The highest BCUT2D eigenvalue weighted by Gasteiger charge is 2.26. The molecule has 2 aromatic carbocycles. The van der Waals surface area contributed by atoms with E-state index in [1.54, 1.807) is 12.0 Å². The van der Waals surface area contributed by atoms with Gasteiger partial charge in [-0.2, -0.15) is 0 Å². The molecule has 0 spiro atoms. The second kappa shape index (κ2) is 11.9. The first kappa shape index (κ1) is 24.1. The summed E-state index contributed by atoms with van der Waals surface area (Å²) in [5.74, 6) is 1.62. The molecule has 1 aliphatic heterocycles. The zero-order valence-corrected chi connectivity index (χ0v) is 20.0. The van der Waals surface area contributed by atoms with E-state index in [-0.39, 0.29) is 11.9 Å². The first-order valence-electron chi connectivity index (χ1n) is 12.2. The van der Waals surface area contributed by atoms with Gasteiger partial charge in [-0.1, -0.05) is 37.1 Å². The summed E-state index contributed by atoms with van der Waals surface area (Å²) < 4.78 is 11.0. The molecule has 182 valence electrons. The van der Waals surface area contributed by atoms with E-state index in [2.05, 4.69) is 5.32 Å². The Kier molecular flexibility index (Phi) is 8.41. The second-order valence-corrected chi connectivity index (χ2v) is 9.19. The standard InChI is InChI=1S/C27H35N3O4/c1-33-25-11-9-22(10-12-25)19-34-20-23-7-4-8-24(17-23)28-27(32)30-15-13-29(14-16-30)26(31)18-21-5-2-3-6-21/h4,7-12,17,21H,2-3,5-6,13-16,18-20H2,1H3,(H,28,32). The van der Waals surface area contributed by atoms with Crippen LogP contribution in [-0.2, 0) is 22.7 Å². The third-order valence-electron chi connectivity index (χ3n) is 6.73. The van der Waals surface area contributed by atoms with Crippen molar-refractivity contribution in [3.8, 4) is 5.75 Å². The van der Waals surface area contributed by atoms with E-state index in [1.807, 2.05) is 53.4 Å². The van der Waals surface area contributed by atoms with Crippen LogP contribution in [0.1, 0.15) is 43.2 Å². The summed E-state index contributed by atoms with van der Waals surface area (Å²) in [6.07, 6.45) is 5.53. The van der Waals surface area contributed by atoms with Gasteiger partial charge in [-0.15, -0.1) is 0 Å². The number of carbonyl (C=O) groups is 2. The molecule has 0 radical (unpaired) electrons. The topological polar surface area (TPSA) is 71.1 Å². The van der Waals surface area contributed by atoms with Crippen molar-refractivity contribution in [2.24, 2.45) is 5.92 Å². The zero-order valence-electron chi connectivity index (χ0n) is 20.0. The van der Waals surface area contributed by atoms with Crippen molar-refractivity contribution in [1.29, 1.82) is 0 Å². The number of hydrogen-bond donors (Lipinski definition) is 1. The van der Waals surface area contributed by atoms with E-state index in [1.165, 1.54) is 25.7 Å². The molecule has 2 aliphatic rings. The summed E-state index contributed by atoms with van der Waals surface area (Å²) in [6.45, 7) is 3.30. The van der Waals surface area contributed by atoms with Gasteiger partial charge in [0, 0.05) is 38.3 Å². The van der Waals surface area contributed by atoms with Crippen LogP contribution in [0.2, 0.25) is 0 Å². The molecule has 2 aromatic rings. The highest BCUT2D eigenvalue weighted by atomic mass is 16.5. The molecule has 1 heterocycles. The summed E-state index contributed by atoms with van der Waals surface area (Å²) in [4.78, 5) is 29.0. The molecular formula is C27H35N3O4. The van der Waals surface area contributed by atoms with Crippen LogP contribution in [0, 0.1) is 5.92 Å². The second-order valence-electron chi connectivity index (χ2n) is 9.19. The SMILES string of the molecule is COc1ccc(COCc2cccc(NC(=O)N3CCN(C(=O)CC4CCCC4)CC3)c2)cc1. The Hall–Kier alpha value is -3.06. The maximum absolute atomic E-state index is 12.8. The Labute approximate surface area is 202 Å². The van der Waals surface area contributed by atoms with Crippen molar-refractivity contribution in [3.05, 3.63) is 59.7 Å². The number of methoxy groups -OCH3 is 1. The quantitative estimate of drug-likeness (QED) is 0.615. The van der Waals surface area contributed by atoms with E-state index in [0.717, 1.165) is 22.6 Å². The van der Waals surface area contributed by atoms with E-state index in [4.69, 9.17) is 9.47 Å². The third-order valence-corrected chi connectivity index (χ3v) is 6.73. The number of nitrogens with one attached hydrogen (secondary N) is 1. The lowest BCUT2D eigenvalue weighted by atomic mass is 10.0. The average Bonchev–Trinajstić information content (AvgIpc) is 3.38. The Bertz CT molecular complexity index is 949. The normalized spacial score (nSPS) is 16.5. The molecule has 0 bridgehead atoms. The van der Waals surface area contributed by atoms with Crippen LogP contribution >= 0.6 is 0 Å². The summed E-state index contributed by atoms with van der Waals surface area (Å²) in [5.41, 5.74) is 2.81. The Morgan fingerprint density at radius 1 is 0.912 bits per heavy atom. The highest BCUT2D eigenvalue weighted by Crippen LogP contribution is 2.28. The number of piperazine rings is 1. The molecule has 1 N–H and O–H groups in total. The molecule has 0 aromatic heterocycles. The lowest BCUT2D eigenvalue weighted by molar-refractivity contribution is -0.133. The lowest BCUT2D eigenvalue weighted by Crippen LogP contribution is -2.51. The fourth-order valence-electron chi connectivity index (χ4n) is 4.70. The van der Waals surface area contributed by atoms with Crippen LogP contribution < -0.4 is 10.1 Å². The molecule has 3 amide bonds. The molecular weight excluding hydrogens is 430 g/mol. The molecule has 7 heteroatoms. The van der Waals surface area contributed by atoms with Gasteiger partial charge in [-0.3, -0.25) is 4.79 Å². The number of ether oxygens (including phenoxy) is 2. The Morgan fingerprint density at radius 2 is 1.59 bits per heavy atom. The van der Waals surface area contributed by atoms with E-state index in [9.17, 15) is 9.59 Å². The first-order valence-corrected chi connectivity index (χ1v) is 12.2. The predicted octanol–water partition coefficient (Wildman–Crippen LogP) is 4.67. The maximum atomic E-state index is 12.8. The summed E-state index contributed by atoms with van der Waals surface area (Å²) in [7, 11) is 1.65. The van der Waals surface area contributed by atoms with Crippen molar-refractivity contribution in [3.63, 3.8) is 0 Å². The Morgan fingerprint density at radius 3 is 2.29 bits per heavy atom. The minimum absolute atomic E-state index is 0.126. The van der Waals surface area contributed by atoms with Crippen LogP contribution in [0.15, 0.2) is 48.5 Å². The molecule has 0 atom stereocenters. The van der Waals surface area contributed by atoms with Gasteiger partial charge in [0.15, 0.2) is 0 Å². The van der Waals surface area contributed by atoms with Crippen molar-refractivity contribution in [2.75, 3.05) is 38.6 Å². The van der Waals surface area contributed by atoms with Crippen molar-refractivity contribution in [1.82, 2.24) is 9.80 Å². The zero-order chi connectivity index (χ0) is 23.8. The molecule has 34 heavy (non-hydrogen) atoms. The van der Waals surface area contributed by atoms with Gasteiger partial charge < -0.3 is 24.6 Å². The summed E-state index contributed by atoms with van der Waals surface area (Å²) >= 11 is 0. The molecule has 1 saturated carbocycles. The molecule has 1 aliphatic carbocycles. The molecule has 7 nitrogen and oxygen atoms in total. The summed E-state index contributed by atoms with van der Waals surface area (Å²) in [5, 5.41) is 2.99. The van der Waals surface area contributed by atoms with E-state index in [0.29, 0.717) is 51.7 Å². The largest absolute Gasteiger partial charge is 0.497 e. The number of carbonyl (C=O) groups excluding carboxylic acids is 2. The van der Waals surface area contributed by atoms with E-state index >= 15 is 0 Å². The van der Waals surface area contributed by atoms with Gasteiger partial charge in [-0.25, -0.2) is 4.79 Å². The van der Waals surface area contributed by atoms with Gasteiger partial charge in [0.2, 0.25) is 5.91 Å². The van der Waals surface area contributed by atoms with Gasteiger partial charge >= 0.3 is 6.03 Å². The lowest BCUT2D eigenvalue weighted by Gasteiger charge is -2.35. The smallest absolute Gasteiger partial charge is 0.321 e. The van der Waals surface area contributed by atoms with Gasteiger partial charge in [0.25, 0.3) is 0 Å². The molecule has 1 saturated heterocycles. The fourth-order valence-corrected chi connectivity index (χ4v) is 4.70. The number of anilines is 1. The number of rotatable bonds is 8. The third kappa shape index (κ3) is 6.73.